The van der Waals surface area contributed by atoms with Gasteiger partial charge in [0.25, 0.3) is 0 Å². The quantitative estimate of drug-likeness (QED) is 0.0261. The highest BCUT2D eigenvalue weighted by molar-refractivity contribution is 5.71. The number of esters is 3. The van der Waals surface area contributed by atoms with Crippen LogP contribution in [0.3, 0.4) is 0 Å². The molecular weight excluding hydrogens is 961 g/mol. The molecule has 0 aromatic carbocycles. The summed E-state index contributed by atoms with van der Waals surface area (Å²) in [6.45, 7) is 6.44. The summed E-state index contributed by atoms with van der Waals surface area (Å²) in [6.07, 6.45) is 90.7. The first-order valence-corrected chi connectivity index (χ1v) is 32.5. The van der Waals surface area contributed by atoms with Crippen molar-refractivity contribution in [2.24, 2.45) is 0 Å². The molecule has 0 aromatic rings. The van der Waals surface area contributed by atoms with Crippen molar-refractivity contribution in [1.82, 2.24) is 0 Å². The van der Waals surface area contributed by atoms with Gasteiger partial charge in [0.2, 0.25) is 0 Å². The molecule has 0 saturated heterocycles. The molecule has 1 atom stereocenters. The number of hydrogen-bond donors (Lipinski definition) is 0. The fourth-order valence-electron chi connectivity index (χ4n) is 8.81. The van der Waals surface area contributed by atoms with Gasteiger partial charge in [-0.1, -0.05) is 271 Å². The van der Waals surface area contributed by atoms with Crippen molar-refractivity contribution in [1.29, 1.82) is 0 Å². The summed E-state index contributed by atoms with van der Waals surface area (Å²) in [5.41, 5.74) is 0. The molecule has 1 unspecified atom stereocenters. The van der Waals surface area contributed by atoms with Crippen LogP contribution in [0.25, 0.3) is 0 Å². The molecule has 0 fully saturated rings. The summed E-state index contributed by atoms with van der Waals surface area (Å²) < 4.78 is 16.9. The van der Waals surface area contributed by atoms with Crippen LogP contribution in [0.5, 0.6) is 0 Å². The maximum absolute atomic E-state index is 12.9. The van der Waals surface area contributed by atoms with E-state index in [-0.39, 0.29) is 31.1 Å². The van der Waals surface area contributed by atoms with E-state index in [9.17, 15) is 14.4 Å². The number of allylic oxidation sites excluding steroid dienone is 20. The second-order valence-electron chi connectivity index (χ2n) is 21.3. The van der Waals surface area contributed by atoms with E-state index in [0.29, 0.717) is 19.3 Å². The Balaban J connectivity index is 4.24. The SMILES string of the molecule is CC/C=C\C/C=C\C/C=C\C/C=C\C/C=C\C/C=C\C/C=C\CCCCCCCCCCCC(=O)OCC(COC(=O)CCCCCCC/C=C\CCC)OC(=O)CCCCCCCCCCC/C=C\C/C=C\CCCCC. The zero-order valence-electron chi connectivity index (χ0n) is 50.9. The molecular formula is C72H120O6. The van der Waals surface area contributed by atoms with Gasteiger partial charge in [-0.15, -0.1) is 0 Å². The van der Waals surface area contributed by atoms with Gasteiger partial charge in [-0.25, -0.2) is 0 Å². The summed E-state index contributed by atoms with van der Waals surface area (Å²) in [4.78, 5) is 38.2. The van der Waals surface area contributed by atoms with E-state index < -0.39 is 6.10 Å². The lowest BCUT2D eigenvalue weighted by molar-refractivity contribution is -0.167. The molecule has 0 aliphatic heterocycles. The van der Waals surface area contributed by atoms with Crippen molar-refractivity contribution in [3.05, 3.63) is 122 Å². The van der Waals surface area contributed by atoms with Gasteiger partial charge in [-0.3, -0.25) is 14.4 Å². The third-order valence-electron chi connectivity index (χ3n) is 13.7. The van der Waals surface area contributed by atoms with Gasteiger partial charge in [0.05, 0.1) is 0 Å². The average molecular weight is 1080 g/mol. The summed E-state index contributed by atoms with van der Waals surface area (Å²) in [7, 11) is 0. The Morgan fingerprint density at radius 2 is 0.526 bits per heavy atom. The van der Waals surface area contributed by atoms with Gasteiger partial charge < -0.3 is 14.2 Å². The lowest BCUT2D eigenvalue weighted by Crippen LogP contribution is -2.30. The fraction of sp³-hybridized carbons (Fsp3) is 0.681. The largest absolute Gasteiger partial charge is 0.462 e. The van der Waals surface area contributed by atoms with Gasteiger partial charge in [0.15, 0.2) is 6.10 Å². The van der Waals surface area contributed by atoms with Crippen LogP contribution in [0.4, 0.5) is 0 Å². The maximum Gasteiger partial charge on any atom is 0.306 e. The van der Waals surface area contributed by atoms with Crippen molar-refractivity contribution in [2.75, 3.05) is 13.2 Å². The molecule has 0 aromatic heterocycles. The summed E-state index contributed by atoms with van der Waals surface area (Å²) in [5.74, 6) is -0.903. The predicted molar refractivity (Wildman–Crippen MR) is 339 cm³/mol. The highest BCUT2D eigenvalue weighted by atomic mass is 16.6. The molecule has 0 heterocycles. The minimum Gasteiger partial charge on any atom is -0.462 e. The molecule has 6 heteroatoms. The molecule has 0 aliphatic rings. The van der Waals surface area contributed by atoms with Crippen molar-refractivity contribution in [3.8, 4) is 0 Å². The molecule has 78 heavy (non-hydrogen) atoms. The molecule has 0 aliphatic carbocycles. The lowest BCUT2D eigenvalue weighted by atomic mass is 10.1. The van der Waals surface area contributed by atoms with Crippen molar-refractivity contribution >= 4 is 17.9 Å². The Morgan fingerprint density at radius 1 is 0.269 bits per heavy atom. The number of unbranched alkanes of at least 4 members (excludes halogenated alkanes) is 27. The number of ether oxygens (including phenoxy) is 3. The first-order chi connectivity index (χ1) is 38.5. The molecule has 0 N–H and O–H groups in total. The smallest absolute Gasteiger partial charge is 0.306 e. The zero-order valence-corrected chi connectivity index (χ0v) is 50.9. The van der Waals surface area contributed by atoms with Crippen LogP contribution in [-0.2, 0) is 28.6 Å². The number of rotatable bonds is 58. The summed E-state index contributed by atoms with van der Waals surface area (Å²) >= 11 is 0. The Morgan fingerprint density at radius 3 is 0.846 bits per heavy atom. The van der Waals surface area contributed by atoms with E-state index >= 15 is 0 Å². The molecule has 0 spiro atoms. The number of carbonyl (C=O) groups excluding carboxylic acids is 3. The monoisotopic (exact) mass is 1080 g/mol. The average Bonchev–Trinajstić information content (AvgIpc) is 3.44. The predicted octanol–water partition coefficient (Wildman–Crippen LogP) is 22.4. The zero-order chi connectivity index (χ0) is 56.4. The van der Waals surface area contributed by atoms with Crippen LogP contribution in [-0.4, -0.2) is 37.2 Å². The molecule has 0 bridgehead atoms. The first kappa shape index (κ1) is 73.8. The van der Waals surface area contributed by atoms with Crippen LogP contribution in [0.1, 0.15) is 297 Å². The number of hydrogen-bond acceptors (Lipinski definition) is 6. The molecule has 0 rings (SSSR count). The number of carbonyl (C=O) groups is 3. The van der Waals surface area contributed by atoms with Gasteiger partial charge in [0.1, 0.15) is 13.2 Å². The Kier molecular flexibility index (Phi) is 61.8. The van der Waals surface area contributed by atoms with Crippen LogP contribution in [0.15, 0.2) is 122 Å². The molecule has 6 nitrogen and oxygen atoms in total. The molecule has 0 amide bonds. The molecule has 0 radical (unpaired) electrons. The van der Waals surface area contributed by atoms with Gasteiger partial charge >= 0.3 is 17.9 Å². The summed E-state index contributed by atoms with van der Waals surface area (Å²) in [5, 5.41) is 0. The minimum absolute atomic E-state index is 0.0867. The molecule has 444 valence electrons. The van der Waals surface area contributed by atoms with Gasteiger partial charge in [0, 0.05) is 19.3 Å². The molecule has 0 saturated carbocycles. The van der Waals surface area contributed by atoms with E-state index in [1.165, 1.54) is 122 Å². The van der Waals surface area contributed by atoms with Gasteiger partial charge in [-0.2, -0.15) is 0 Å². The van der Waals surface area contributed by atoms with E-state index in [4.69, 9.17) is 14.2 Å². The lowest BCUT2D eigenvalue weighted by Gasteiger charge is -2.18. The maximum atomic E-state index is 12.9. The van der Waals surface area contributed by atoms with Crippen molar-refractivity contribution < 1.29 is 28.6 Å². The summed E-state index contributed by atoms with van der Waals surface area (Å²) in [6, 6.07) is 0. The van der Waals surface area contributed by atoms with Crippen LogP contribution >= 0.6 is 0 Å². The first-order valence-electron chi connectivity index (χ1n) is 32.5. The topological polar surface area (TPSA) is 78.9 Å². The van der Waals surface area contributed by atoms with Crippen LogP contribution < -0.4 is 0 Å². The van der Waals surface area contributed by atoms with E-state index in [1.807, 2.05) is 0 Å². The van der Waals surface area contributed by atoms with Gasteiger partial charge in [-0.05, 0) is 128 Å². The third-order valence-corrected chi connectivity index (χ3v) is 13.7. The Hall–Kier alpha value is -4.19. The van der Waals surface area contributed by atoms with E-state index in [2.05, 4.69) is 142 Å². The Labute approximate surface area is 482 Å². The highest BCUT2D eigenvalue weighted by Gasteiger charge is 2.19. The van der Waals surface area contributed by atoms with Crippen LogP contribution in [0, 0.1) is 0 Å². The fourth-order valence-corrected chi connectivity index (χ4v) is 8.81. The van der Waals surface area contributed by atoms with E-state index in [0.717, 1.165) is 135 Å². The third kappa shape index (κ3) is 62.7. The van der Waals surface area contributed by atoms with Crippen LogP contribution in [0.2, 0.25) is 0 Å². The van der Waals surface area contributed by atoms with Crippen molar-refractivity contribution in [3.63, 3.8) is 0 Å². The second-order valence-corrected chi connectivity index (χ2v) is 21.3. The highest BCUT2D eigenvalue weighted by Crippen LogP contribution is 2.16. The Bertz CT molecular complexity index is 1620. The normalized spacial score (nSPS) is 12.9. The van der Waals surface area contributed by atoms with Crippen molar-refractivity contribution in [2.45, 2.75) is 303 Å². The second kappa shape index (κ2) is 65.3. The van der Waals surface area contributed by atoms with E-state index in [1.54, 1.807) is 0 Å². The minimum atomic E-state index is -0.789. The standard InChI is InChI=1S/C72H120O6/c1-4-7-10-13-16-19-22-24-26-28-30-31-32-33-34-35-36-37-38-39-40-41-43-44-46-48-50-53-56-59-62-65-71(74)77-68-69(67-76-70(73)64-61-58-55-52-21-18-15-12-9-6-3)78-72(75)66-63-60-57-54-51-49-47-45-42-29-27-25-23-20-17-14-11-8-5-2/h7,10,12,15-17,19-20,24-27,30-31,33-34,36-37,39-40,69H,4-6,8-9,11,13-14,18,21-23,28-29,32,35,38,41-68H2,1-3H3/b10-7-,15-12-,19-16-,20-17-,26-24-,27-25-,31-30-,34-33-,37-36-,40-39-.